The predicted molar refractivity (Wildman–Crippen MR) is 43.8 cm³/mol. The van der Waals surface area contributed by atoms with Gasteiger partial charge in [-0.2, -0.15) is 0 Å². The van der Waals surface area contributed by atoms with Gasteiger partial charge in [0.15, 0.2) is 5.69 Å². The highest BCUT2D eigenvalue weighted by molar-refractivity contribution is 5.98. The summed E-state index contributed by atoms with van der Waals surface area (Å²) in [5.41, 5.74) is 5.85. The minimum atomic E-state index is -0.463. The number of aromatic nitrogens is 1. The Morgan fingerprint density at radius 3 is 2.92 bits per heavy atom. The lowest BCUT2D eigenvalue weighted by atomic mass is 10.1. The minimum absolute atomic E-state index is 0.158. The van der Waals surface area contributed by atoms with Crippen molar-refractivity contribution in [3.05, 3.63) is 17.5 Å². The molecule has 1 heterocycles. The van der Waals surface area contributed by atoms with E-state index in [1.165, 1.54) is 0 Å². The number of nitrogens with zero attached hydrogens (tertiary/aromatic N) is 1. The maximum atomic E-state index is 11.3. The third-order valence-electron chi connectivity index (χ3n) is 1.66. The Bertz CT molecular complexity index is 280. The van der Waals surface area contributed by atoms with E-state index in [-0.39, 0.29) is 5.78 Å². The first kappa shape index (κ1) is 8.93. The van der Waals surface area contributed by atoms with Gasteiger partial charge in [0.05, 0.1) is 6.04 Å². The first-order valence-corrected chi connectivity index (χ1v) is 3.88. The second kappa shape index (κ2) is 3.49. The van der Waals surface area contributed by atoms with E-state index in [9.17, 15) is 4.79 Å². The Morgan fingerprint density at radius 1 is 1.83 bits per heavy atom. The van der Waals surface area contributed by atoms with Crippen molar-refractivity contribution in [2.24, 2.45) is 5.73 Å². The van der Waals surface area contributed by atoms with Gasteiger partial charge < -0.3 is 10.3 Å². The van der Waals surface area contributed by atoms with E-state index in [1.807, 2.05) is 6.92 Å². The monoisotopic (exact) mass is 168 g/mol. The average molecular weight is 168 g/mol. The molecular formula is C8H12N2O2. The van der Waals surface area contributed by atoms with Crippen LogP contribution < -0.4 is 5.73 Å². The molecule has 0 saturated carbocycles. The van der Waals surface area contributed by atoms with Gasteiger partial charge in [0.25, 0.3) is 0 Å². The van der Waals surface area contributed by atoms with Gasteiger partial charge in [-0.25, -0.2) is 0 Å². The van der Waals surface area contributed by atoms with Crippen molar-refractivity contribution >= 4 is 5.78 Å². The molecule has 0 aliphatic rings. The van der Waals surface area contributed by atoms with E-state index in [2.05, 4.69) is 5.16 Å². The van der Waals surface area contributed by atoms with Crippen LogP contribution in [0.4, 0.5) is 0 Å². The second-order valence-electron chi connectivity index (χ2n) is 2.70. The lowest BCUT2D eigenvalue weighted by Gasteiger charge is -2.02. The van der Waals surface area contributed by atoms with Crippen molar-refractivity contribution < 1.29 is 9.32 Å². The maximum Gasteiger partial charge on any atom is 0.201 e. The molecule has 1 aromatic rings. The van der Waals surface area contributed by atoms with Crippen molar-refractivity contribution in [3.63, 3.8) is 0 Å². The smallest absolute Gasteiger partial charge is 0.201 e. The molecule has 1 unspecified atom stereocenters. The van der Waals surface area contributed by atoms with Gasteiger partial charge in [0.1, 0.15) is 5.76 Å². The van der Waals surface area contributed by atoms with Gasteiger partial charge in [0, 0.05) is 6.07 Å². The molecule has 4 nitrogen and oxygen atoms in total. The number of aryl methyl sites for hydroxylation is 1. The van der Waals surface area contributed by atoms with Crippen LogP contribution in [0.25, 0.3) is 0 Å². The topological polar surface area (TPSA) is 69.1 Å². The number of hydrogen-bond donors (Lipinski definition) is 1. The zero-order valence-electron chi connectivity index (χ0n) is 7.20. The number of hydrogen-bond acceptors (Lipinski definition) is 4. The van der Waals surface area contributed by atoms with Crippen LogP contribution in [0.3, 0.4) is 0 Å². The highest BCUT2D eigenvalue weighted by Gasteiger charge is 2.16. The van der Waals surface area contributed by atoms with Gasteiger partial charge in [0.2, 0.25) is 5.78 Å². The molecule has 0 aliphatic carbocycles. The molecule has 66 valence electrons. The molecule has 4 heteroatoms. The van der Waals surface area contributed by atoms with Gasteiger partial charge in [-0.15, -0.1) is 0 Å². The van der Waals surface area contributed by atoms with Crippen LogP contribution in [0.5, 0.6) is 0 Å². The molecule has 0 amide bonds. The third-order valence-corrected chi connectivity index (χ3v) is 1.66. The number of rotatable bonds is 3. The molecule has 1 aromatic heterocycles. The Hall–Kier alpha value is -1.16. The number of carbonyl (C=O) groups excluding carboxylic acids is 1. The van der Waals surface area contributed by atoms with Gasteiger partial charge in [-0.3, -0.25) is 4.79 Å². The van der Waals surface area contributed by atoms with Crippen LogP contribution in [0.1, 0.15) is 29.6 Å². The van der Waals surface area contributed by atoms with Crippen LogP contribution in [0.15, 0.2) is 10.6 Å². The maximum absolute atomic E-state index is 11.3. The van der Waals surface area contributed by atoms with Gasteiger partial charge >= 0.3 is 0 Å². The quantitative estimate of drug-likeness (QED) is 0.681. The first-order chi connectivity index (χ1) is 5.65. The summed E-state index contributed by atoms with van der Waals surface area (Å²) in [6.45, 7) is 3.59. The van der Waals surface area contributed by atoms with Crippen LogP contribution in [-0.2, 0) is 0 Å². The van der Waals surface area contributed by atoms with E-state index in [0.717, 1.165) is 0 Å². The minimum Gasteiger partial charge on any atom is -0.361 e. The molecule has 0 aromatic carbocycles. The fourth-order valence-corrected chi connectivity index (χ4v) is 0.858. The molecule has 2 N–H and O–H groups in total. The Labute approximate surface area is 70.7 Å². The van der Waals surface area contributed by atoms with E-state index in [0.29, 0.717) is 17.9 Å². The largest absolute Gasteiger partial charge is 0.361 e. The summed E-state index contributed by atoms with van der Waals surface area (Å²) < 4.78 is 4.75. The SMILES string of the molecule is CCC(N)C(=O)c1cc(C)on1. The molecule has 1 rings (SSSR count). The Balaban J connectivity index is 2.78. The molecule has 1 atom stereocenters. The van der Waals surface area contributed by atoms with Crippen molar-refractivity contribution in [1.29, 1.82) is 0 Å². The molecule has 0 fully saturated rings. The highest BCUT2D eigenvalue weighted by Crippen LogP contribution is 2.05. The van der Waals surface area contributed by atoms with Gasteiger partial charge in [-0.05, 0) is 13.3 Å². The zero-order chi connectivity index (χ0) is 9.14. The fourth-order valence-electron chi connectivity index (χ4n) is 0.858. The number of Topliss-reactive ketones (excluding diaryl/α,β-unsaturated/α-hetero) is 1. The second-order valence-corrected chi connectivity index (χ2v) is 2.70. The molecule has 0 spiro atoms. The molecular weight excluding hydrogens is 156 g/mol. The van der Waals surface area contributed by atoms with Crippen molar-refractivity contribution in [3.8, 4) is 0 Å². The zero-order valence-corrected chi connectivity index (χ0v) is 7.20. The molecule has 12 heavy (non-hydrogen) atoms. The molecule has 0 bridgehead atoms. The summed E-state index contributed by atoms with van der Waals surface area (Å²) in [6.07, 6.45) is 0.616. The van der Waals surface area contributed by atoms with E-state index < -0.39 is 6.04 Å². The lowest BCUT2D eigenvalue weighted by Crippen LogP contribution is -2.29. The van der Waals surface area contributed by atoms with Crippen molar-refractivity contribution in [2.45, 2.75) is 26.3 Å². The van der Waals surface area contributed by atoms with E-state index >= 15 is 0 Å². The van der Waals surface area contributed by atoms with E-state index in [4.69, 9.17) is 10.3 Å². The summed E-state index contributed by atoms with van der Waals surface area (Å²) in [5.74, 6) is 0.469. The number of nitrogens with two attached hydrogens (primary N) is 1. The average Bonchev–Trinajstić information content (AvgIpc) is 2.49. The van der Waals surface area contributed by atoms with Crippen LogP contribution >= 0.6 is 0 Å². The summed E-state index contributed by atoms with van der Waals surface area (Å²) in [7, 11) is 0. The summed E-state index contributed by atoms with van der Waals surface area (Å²) >= 11 is 0. The van der Waals surface area contributed by atoms with Crippen LogP contribution in [-0.4, -0.2) is 17.0 Å². The lowest BCUT2D eigenvalue weighted by molar-refractivity contribution is 0.0950. The van der Waals surface area contributed by atoms with Crippen LogP contribution in [0.2, 0.25) is 0 Å². The number of carbonyl (C=O) groups is 1. The van der Waals surface area contributed by atoms with Gasteiger partial charge in [-0.1, -0.05) is 12.1 Å². The number of ketones is 1. The van der Waals surface area contributed by atoms with Crippen molar-refractivity contribution in [1.82, 2.24) is 5.16 Å². The van der Waals surface area contributed by atoms with Crippen LogP contribution in [0, 0.1) is 6.92 Å². The predicted octanol–water partition coefficient (Wildman–Crippen LogP) is 0.903. The summed E-state index contributed by atoms with van der Waals surface area (Å²) in [4.78, 5) is 11.3. The Kier molecular flexibility index (Phi) is 2.60. The fraction of sp³-hybridized carbons (Fsp3) is 0.500. The third kappa shape index (κ3) is 1.71. The Morgan fingerprint density at radius 2 is 2.50 bits per heavy atom. The summed E-state index contributed by atoms with van der Waals surface area (Å²) in [5, 5.41) is 3.58. The molecule has 0 saturated heterocycles. The van der Waals surface area contributed by atoms with E-state index in [1.54, 1.807) is 13.0 Å². The molecule has 0 aliphatic heterocycles. The van der Waals surface area contributed by atoms with Crippen molar-refractivity contribution in [2.75, 3.05) is 0 Å². The normalized spacial score (nSPS) is 12.9. The first-order valence-electron chi connectivity index (χ1n) is 3.88. The highest BCUT2D eigenvalue weighted by atomic mass is 16.5. The summed E-state index contributed by atoms with van der Waals surface area (Å²) in [6, 6.07) is 1.13. The standard InChI is InChI=1S/C8H12N2O2/c1-3-6(9)8(11)7-4-5(2)12-10-7/h4,6H,3,9H2,1-2H3. The molecule has 0 radical (unpaired) electrons.